The maximum Gasteiger partial charge on any atom is 0.197 e. The molecule has 6 rings (SSSR count). The van der Waals surface area contributed by atoms with Crippen LogP contribution in [0.1, 0.15) is 25.6 Å². The lowest BCUT2D eigenvalue weighted by Gasteiger charge is -2.23. The number of carbonyl (C=O) groups excluding carboxylic acids is 2. The van der Waals surface area contributed by atoms with Gasteiger partial charge >= 0.3 is 0 Å². The van der Waals surface area contributed by atoms with Crippen LogP contribution in [-0.4, -0.2) is 16.6 Å². The molecule has 34 heavy (non-hydrogen) atoms. The molecular formula is C29H18N2O2S. The second kappa shape index (κ2) is 8.21. The number of nitrogens with zero attached hydrogens (tertiary/aromatic N) is 2. The number of carbonyl (C=O) groups is 2. The van der Waals surface area contributed by atoms with Crippen LogP contribution in [0.5, 0.6) is 0 Å². The standard InChI is InChI=1S/C29H18N2O2S/c32-28-22-11-3-4-12-23(22)29(33)24(28)18-20-15-16-27(34-20)31(26-14-5-6-17-30-26)25-13-7-9-19-8-1-2-10-21(19)25/h1-18H. The van der Waals surface area contributed by atoms with E-state index in [2.05, 4.69) is 34.1 Å². The normalized spacial score (nSPS) is 12.8. The summed E-state index contributed by atoms with van der Waals surface area (Å²) in [5, 5.41) is 3.19. The van der Waals surface area contributed by atoms with Crippen molar-refractivity contribution in [3.63, 3.8) is 0 Å². The van der Waals surface area contributed by atoms with Gasteiger partial charge in [0.1, 0.15) is 10.8 Å². The number of hydrogen-bond donors (Lipinski definition) is 0. The lowest BCUT2D eigenvalue weighted by molar-refractivity contribution is 0.0990. The average molecular weight is 459 g/mol. The van der Waals surface area contributed by atoms with E-state index in [4.69, 9.17) is 0 Å². The molecule has 2 aromatic heterocycles. The van der Waals surface area contributed by atoms with E-state index >= 15 is 0 Å². The molecule has 0 saturated heterocycles. The summed E-state index contributed by atoms with van der Waals surface area (Å²) < 4.78 is 0. The number of hydrogen-bond acceptors (Lipinski definition) is 5. The molecule has 4 nitrogen and oxygen atoms in total. The van der Waals surface area contributed by atoms with Gasteiger partial charge in [0.2, 0.25) is 0 Å². The van der Waals surface area contributed by atoms with Gasteiger partial charge in [-0.15, -0.1) is 11.3 Å². The third-order valence-corrected chi connectivity index (χ3v) is 6.93. The predicted octanol–water partition coefficient (Wildman–Crippen LogP) is 7.23. The van der Waals surface area contributed by atoms with Crippen molar-refractivity contribution in [1.82, 2.24) is 4.98 Å². The molecule has 5 aromatic rings. The summed E-state index contributed by atoms with van der Waals surface area (Å²) >= 11 is 1.51. The van der Waals surface area contributed by atoms with Crippen LogP contribution in [0.3, 0.4) is 0 Å². The summed E-state index contributed by atoms with van der Waals surface area (Å²) in [7, 11) is 0. The summed E-state index contributed by atoms with van der Waals surface area (Å²) in [5.74, 6) is 0.359. The Morgan fingerprint density at radius 1 is 0.706 bits per heavy atom. The molecule has 0 aliphatic heterocycles. The van der Waals surface area contributed by atoms with Crippen LogP contribution < -0.4 is 4.90 Å². The van der Waals surface area contributed by atoms with Gasteiger partial charge < -0.3 is 0 Å². The Morgan fingerprint density at radius 2 is 1.41 bits per heavy atom. The fraction of sp³-hybridized carbons (Fsp3) is 0. The van der Waals surface area contributed by atoms with E-state index in [9.17, 15) is 9.59 Å². The number of benzene rings is 3. The molecule has 0 radical (unpaired) electrons. The zero-order chi connectivity index (χ0) is 23.1. The Labute approximate surface area is 200 Å². The number of pyridine rings is 1. The third-order valence-electron chi connectivity index (χ3n) is 5.91. The van der Waals surface area contributed by atoms with Gasteiger partial charge in [-0.05, 0) is 41.8 Å². The van der Waals surface area contributed by atoms with Crippen LogP contribution >= 0.6 is 11.3 Å². The van der Waals surface area contributed by atoms with E-state index in [1.807, 2.05) is 48.5 Å². The van der Waals surface area contributed by atoms with Gasteiger partial charge in [-0.25, -0.2) is 4.98 Å². The number of rotatable bonds is 4. The first-order valence-electron chi connectivity index (χ1n) is 10.9. The molecule has 0 atom stereocenters. The summed E-state index contributed by atoms with van der Waals surface area (Å²) in [5.41, 5.74) is 2.17. The maximum absolute atomic E-state index is 12.8. The quantitative estimate of drug-likeness (QED) is 0.211. The molecule has 2 heterocycles. The van der Waals surface area contributed by atoms with Gasteiger partial charge in [-0.1, -0.05) is 66.7 Å². The summed E-state index contributed by atoms with van der Waals surface area (Å²) in [6.45, 7) is 0. The van der Waals surface area contributed by atoms with Crippen molar-refractivity contribution in [1.29, 1.82) is 0 Å². The molecule has 0 fully saturated rings. The third kappa shape index (κ3) is 3.34. The van der Waals surface area contributed by atoms with Crippen molar-refractivity contribution in [2.75, 3.05) is 4.90 Å². The number of aromatic nitrogens is 1. The molecule has 1 aliphatic carbocycles. The van der Waals surface area contributed by atoms with E-state index in [1.54, 1.807) is 36.5 Å². The second-order valence-corrected chi connectivity index (χ2v) is 9.05. The summed E-state index contributed by atoms with van der Waals surface area (Å²) in [6.07, 6.45) is 3.48. The van der Waals surface area contributed by atoms with E-state index in [1.165, 1.54) is 11.3 Å². The number of ketones is 2. The molecular weight excluding hydrogens is 440 g/mol. The van der Waals surface area contributed by atoms with Gasteiger partial charge in [0.25, 0.3) is 0 Å². The molecule has 0 bridgehead atoms. The van der Waals surface area contributed by atoms with Crippen molar-refractivity contribution in [2.24, 2.45) is 0 Å². The Bertz CT molecular complexity index is 1560. The first kappa shape index (κ1) is 20.3. The number of Topliss-reactive ketones (excluding diaryl/α,β-unsaturated/α-hetero) is 2. The van der Waals surface area contributed by atoms with Gasteiger partial charge in [0.05, 0.1) is 11.3 Å². The first-order valence-corrected chi connectivity index (χ1v) is 11.7. The lowest BCUT2D eigenvalue weighted by atomic mass is 10.1. The number of fused-ring (bicyclic) bond motifs is 2. The minimum absolute atomic E-state index is 0.212. The second-order valence-electron chi connectivity index (χ2n) is 7.96. The van der Waals surface area contributed by atoms with Crippen LogP contribution in [-0.2, 0) is 0 Å². The fourth-order valence-electron chi connectivity index (χ4n) is 4.33. The van der Waals surface area contributed by atoms with Gasteiger partial charge in [0.15, 0.2) is 11.6 Å². The van der Waals surface area contributed by atoms with E-state index in [0.717, 1.165) is 32.2 Å². The zero-order valence-corrected chi connectivity index (χ0v) is 18.8. The highest BCUT2D eigenvalue weighted by atomic mass is 32.1. The van der Waals surface area contributed by atoms with Gasteiger partial charge in [-0.3, -0.25) is 14.5 Å². The Kier molecular flexibility index (Phi) is 4.90. The van der Waals surface area contributed by atoms with Crippen molar-refractivity contribution in [3.05, 3.63) is 125 Å². The van der Waals surface area contributed by atoms with Crippen LogP contribution in [0, 0.1) is 0 Å². The molecule has 0 unspecified atom stereocenters. The van der Waals surface area contributed by atoms with Gasteiger partial charge in [0, 0.05) is 27.6 Å². The summed E-state index contributed by atoms with van der Waals surface area (Å²) in [4.78, 5) is 33.2. The topological polar surface area (TPSA) is 50.3 Å². The molecule has 0 saturated carbocycles. The van der Waals surface area contributed by atoms with Crippen molar-refractivity contribution < 1.29 is 9.59 Å². The van der Waals surface area contributed by atoms with E-state index in [0.29, 0.717) is 11.1 Å². The Morgan fingerprint density at radius 3 is 2.18 bits per heavy atom. The number of anilines is 3. The van der Waals surface area contributed by atoms with E-state index < -0.39 is 0 Å². The van der Waals surface area contributed by atoms with Crippen LogP contribution in [0.2, 0.25) is 0 Å². The molecule has 0 amide bonds. The Hall–Kier alpha value is -4.35. The monoisotopic (exact) mass is 458 g/mol. The average Bonchev–Trinajstić information content (AvgIpc) is 3.44. The van der Waals surface area contributed by atoms with E-state index in [-0.39, 0.29) is 17.1 Å². The maximum atomic E-state index is 12.8. The molecule has 3 aromatic carbocycles. The molecule has 162 valence electrons. The smallest absolute Gasteiger partial charge is 0.197 e. The molecule has 0 N–H and O–H groups in total. The Balaban J connectivity index is 1.46. The van der Waals surface area contributed by atoms with Crippen molar-refractivity contribution in [2.45, 2.75) is 0 Å². The zero-order valence-electron chi connectivity index (χ0n) is 18.0. The van der Waals surface area contributed by atoms with Crippen LogP contribution in [0.15, 0.2) is 109 Å². The minimum atomic E-state index is -0.216. The largest absolute Gasteiger partial charge is 0.288 e. The summed E-state index contributed by atoms with van der Waals surface area (Å²) in [6, 6.07) is 31.2. The van der Waals surface area contributed by atoms with Crippen LogP contribution in [0.25, 0.3) is 16.8 Å². The highest BCUT2D eigenvalue weighted by Crippen LogP contribution is 2.41. The first-order chi connectivity index (χ1) is 16.7. The van der Waals surface area contributed by atoms with Crippen molar-refractivity contribution in [3.8, 4) is 0 Å². The van der Waals surface area contributed by atoms with Crippen LogP contribution in [0.4, 0.5) is 16.5 Å². The number of allylic oxidation sites excluding steroid dienone is 1. The minimum Gasteiger partial charge on any atom is -0.288 e. The molecule has 1 aliphatic rings. The highest BCUT2D eigenvalue weighted by molar-refractivity contribution is 7.17. The van der Waals surface area contributed by atoms with Crippen molar-refractivity contribution >= 4 is 56.3 Å². The fourth-order valence-corrected chi connectivity index (χ4v) is 5.30. The SMILES string of the molecule is O=C1C(=Cc2ccc(N(c3ccccn3)c3cccc4ccccc34)s2)C(=O)c2ccccc21. The van der Waals surface area contributed by atoms with Gasteiger partial charge in [-0.2, -0.15) is 0 Å². The molecule has 5 heteroatoms. The lowest BCUT2D eigenvalue weighted by Crippen LogP contribution is -2.10. The predicted molar refractivity (Wildman–Crippen MR) is 137 cm³/mol. The molecule has 0 spiro atoms. The number of thiophene rings is 1. The highest BCUT2D eigenvalue weighted by Gasteiger charge is 2.32.